The zero-order chi connectivity index (χ0) is 21.1. The number of hydrogen-bond acceptors (Lipinski definition) is 6. The monoisotopic (exact) mass is 399 g/mol. The summed E-state index contributed by atoms with van der Waals surface area (Å²) in [5.41, 5.74) is 2.12. The molecular formula is C21H25N3O5. The molecule has 0 aliphatic rings. The third-order valence-electron chi connectivity index (χ3n) is 3.98. The van der Waals surface area contributed by atoms with Gasteiger partial charge in [0, 0.05) is 37.2 Å². The minimum absolute atomic E-state index is 0.0328. The van der Waals surface area contributed by atoms with E-state index in [2.05, 4.69) is 20.7 Å². The fourth-order valence-electron chi connectivity index (χ4n) is 2.49. The average molecular weight is 399 g/mol. The number of carbonyl (C=O) groups is 3. The van der Waals surface area contributed by atoms with Crippen molar-refractivity contribution in [3.63, 3.8) is 0 Å². The number of esters is 1. The number of carbonyl (C=O) groups excluding carboxylic acids is 3. The predicted molar refractivity (Wildman–Crippen MR) is 110 cm³/mol. The van der Waals surface area contributed by atoms with Gasteiger partial charge >= 0.3 is 5.97 Å². The van der Waals surface area contributed by atoms with E-state index in [0.29, 0.717) is 35.7 Å². The summed E-state index contributed by atoms with van der Waals surface area (Å²) in [7, 11) is 2.93. The van der Waals surface area contributed by atoms with Gasteiger partial charge in [-0.05, 0) is 48.9 Å². The van der Waals surface area contributed by atoms with Crippen molar-refractivity contribution in [1.82, 2.24) is 5.32 Å². The molecular weight excluding hydrogens is 374 g/mol. The molecule has 0 radical (unpaired) electrons. The molecule has 0 unspecified atom stereocenters. The number of methoxy groups -OCH3 is 2. The Balaban J connectivity index is 1.84. The molecule has 0 aromatic heterocycles. The minimum atomic E-state index is -0.420. The van der Waals surface area contributed by atoms with Crippen LogP contribution in [0.15, 0.2) is 48.5 Å². The van der Waals surface area contributed by atoms with Crippen LogP contribution < -0.4 is 16.0 Å². The van der Waals surface area contributed by atoms with Crippen LogP contribution in [-0.4, -0.2) is 51.7 Å². The van der Waals surface area contributed by atoms with Crippen LogP contribution in [0.3, 0.4) is 0 Å². The molecule has 0 heterocycles. The zero-order valence-corrected chi connectivity index (χ0v) is 16.5. The Hall–Kier alpha value is -3.39. The number of amides is 2. The zero-order valence-electron chi connectivity index (χ0n) is 16.5. The summed E-state index contributed by atoms with van der Waals surface area (Å²) in [6, 6.07) is 13.3. The van der Waals surface area contributed by atoms with E-state index >= 15 is 0 Å². The Labute approximate surface area is 169 Å². The maximum absolute atomic E-state index is 12.2. The highest BCUT2D eigenvalue weighted by atomic mass is 16.5. The third-order valence-corrected chi connectivity index (χ3v) is 3.98. The van der Waals surface area contributed by atoms with Crippen LogP contribution in [0.2, 0.25) is 0 Å². The largest absolute Gasteiger partial charge is 0.465 e. The van der Waals surface area contributed by atoms with Crippen LogP contribution in [0.25, 0.3) is 0 Å². The van der Waals surface area contributed by atoms with Crippen molar-refractivity contribution >= 4 is 29.2 Å². The Kier molecular flexibility index (Phi) is 8.65. The molecule has 0 aliphatic carbocycles. The number of benzene rings is 2. The van der Waals surface area contributed by atoms with Crippen molar-refractivity contribution in [3.8, 4) is 0 Å². The molecule has 2 aromatic rings. The molecule has 0 fully saturated rings. The quantitative estimate of drug-likeness (QED) is 0.418. The van der Waals surface area contributed by atoms with E-state index < -0.39 is 5.97 Å². The second-order valence-electron chi connectivity index (χ2n) is 6.15. The molecule has 2 aromatic carbocycles. The van der Waals surface area contributed by atoms with Crippen LogP contribution in [0.5, 0.6) is 0 Å². The lowest BCUT2D eigenvalue weighted by Crippen LogP contribution is -2.25. The number of rotatable bonds is 10. The minimum Gasteiger partial charge on any atom is -0.465 e. The summed E-state index contributed by atoms with van der Waals surface area (Å²) in [6.07, 6.45) is 0.727. The molecule has 0 spiro atoms. The Morgan fingerprint density at radius 3 is 2.38 bits per heavy atom. The topological polar surface area (TPSA) is 106 Å². The maximum Gasteiger partial charge on any atom is 0.337 e. The van der Waals surface area contributed by atoms with E-state index in [0.717, 1.165) is 6.42 Å². The highest BCUT2D eigenvalue weighted by Gasteiger charge is 2.08. The molecule has 0 saturated heterocycles. The molecule has 2 amide bonds. The van der Waals surface area contributed by atoms with E-state index in [1.165, 1.54) is 7.11 Å². The lowest BCUT2D eigenvalue weighted by molar-refractivity contribution is -0.114. The van der Waals surface area contributed by atoms with Crippen molar-refractivity contribution in [3.05, 3.63) is 59.7 Å². The van der Waals surface area contributed by atoms with Crippen molar-refractivity contribution in [1.29, 1.82) is 0 Å². The Morgan fingerprint density at radius 2 is 1.69 bits per heavy atom. The van der Waals surface area contributed by atoms with Gasteiger partial charge in [-0.15, -0.1) is 0 Å². The molecule has 29 heavy (non-hydrogen) atoms. The first kappa shape index (κ1) is 21.9. The molecule has 2 rings (SSSR count). The first-order valence-corrected chi connectivity index (χ1v) is 9.13. The van der Waals surface area contributed by atoms with E-state index in [1.54, 1.807) is 55.6 Å². The standard InChI is InChI=1S/C21H25N3O5/c1-28-12-4-11-22-20(26)16-5-3-6-18(13-16)24-19(25)14-23-17-9-7-15(8-10-17)21(27)29-2/h3,5-10,13,23H,4,11-12,14H2,1-2H3,(H,22,26)(H,24,25). The fourth-order valence-corrected chi connectivity index (χ4v) is 2.49. The van der Waals surface area contributed by atoms with Gasteiger partial charge in [-0.25, -0.2) is 4.79 Å². The summed E-state index contributed by atoms with van der Waals surface area (Å²) in [4.78, 5) is 35.7. The maximum atomic E-state index is 12.2. The summed E-state index contributed by atoms with van der Waals surface area (Å²) < 4.78 is 9.59. The number of hydrogen-bond donors (Lipinski definition) is 3. The van der Waals surface area contributed by atoms with Gasteiger partial charge in [0.2, 0.25) is 5.91 Å². The number of anilines is 2. The average Bonchev–Trinajstić information content (AvgIpc) is 2.75. The highest BCUT2D eigenvalue weighted by molar-refractivity contribution is 5.98. The normalized spacial score (nSPS) is 10.1. The van der Waals surface area contributed by atoms with Crippen LogP contribution in [0, 0.1) is 0 Å². The van der Waals surface area contributed by atoms with Crippen LogP contribution in [0.4, 0.5) is 11.4 Å². The molecule has 0 saturated carbocycles. The SMILES string of the molecule is COCCCNC(=O)c1cccc(NC(=O)CNc2ccc(C(=O)OC)cc2)c1. The second kappa shape index (κ2) is 11.5. The third kappa shape index (κ3) is 7.27. The van der Waals surface area contributed by atoms with Gasteiger partial charge in [0.15, 0.2) is 0 Å². The smallest absolute Gasteiger partial charge is 0.337 e. The van der Waals surface area contributed by atoms with Gasteiger partial charge < -0.3 is 25.4 Å². The fraction of sp³-hybridized carbons (Fsp3) is 0.286. The highest BCUT2D eigenvalue weighted by Crippen LogP contribution is 2.12. The van der Waals surface area contributed by atoms with Crippen LogP contribution >= 0.6 is 0 Å². The molecule has 0 aliphatic heterocycles. The molecule has 8 heteroatoms. The summed E-state index contributed by atoms with van der Waals surface area (Å²) in [5.74, 6) is -0.891. The molecule has 3 N–H and O–H groups in total. The molecule has 154 valence electrons. The van der Waals surface area contributed by atoms with Gasteiger partial charge in [-0.1, -0.05) is 6.07 Å². The van der Waals surface area contributed by atoms with Gasteiger partial charge in [0.25, 0.3) is 5.91 Å². The molecule has 8 nitrogen and oxygen atoms in total. The second-order valence-corrected chi connectivity index (χ2v) is 6.15. The van der Waals surface area contributed by atoms with Crippen molar-refractivity contribution in [2.24, 2.45) is 0 Å². The lowest BCUT2D eigenvalue weighted by atomic mass is 10.2. The van der Waals surface area contributed by atoms with Gasteiger partial charge in [0.05, 0.1) is 19.2 Å². The van der Waals surface area contributed by atoms with Crippen molar-refractivity contribution in [2.45, 2.75) is 6.42 Å². The molecule has 0 atom stereocenters. The number of ether oxygens (including phenoxy) is 2. The summed E-state index contributed by atoms with van der Waals surface area (Å²) >= 11 is 0. The van der Waals surface area contributed by atoms with Crippen LogP contribution in [-0.2, 0) is 14.3 Å². The summed E-state index contributed by atoms with van der Waals surface area (Å²) in [5, 5.41) is 8.52. The Bertz CT molecular complexity index is 836. The van der Waals surface area contributed by atoms with E-state index in [9.17, 15) is 14.4 Å². The lowest BCUT2D eigenvalue weighted by Gasteiger charge is -2.10. The van der Waals surface area contributed by atoms with Gasteiger partial charge in [0.1, 0.15) is 0 Å². The number of nitrogens with one attached hydrogen (secondary N) is 3. The van der Waals surface area contributed by atoms with Crippen molar-refractivity contribution in [2.75, 3.05) is 44.5 Å². The Morgan fingerprint density at radius 1 is 0.931 bits per heavy atom. The first-order chi connectivity index (χ1) is 14.0. The van der Waals surface area contributed by atoms with E-state index in [-0.39, 0.29) is 18.4 Å². The van der Waals surface area contributed by atoms with Gasteiger partial charge in [-0.2, -0.15) is 0 Å². The first-order valence-electron chi connectivity index (χ1n) is 9.13. The van der Waals surface area contributed by atoms with Crippen LogP contribution in [0.1, 0.15) is 27.1 Å². The summed E-state index contributed by atoms with van der Waals surface area (Å²) in [6.45, 7) is 1.13. The molecule has 0 bridgehead atoms. The van der Waals surface area contributed by atoms with E-state index in [4.69, 9.17) is 4.74 Å². The van der Waals surface area contributed by atoms with Crippen molar-refractivity contribution < 1.29 is 23.9 Å². The predicted octanol–water partition coefficient (Wildman–Crippen LogP) is 2.29. The van der Waals surface area contributed by atoms with Gasteiger partial charge in [-0.3, -0.25) is 9.59 Å². The van der Waals surface area contributed by atoms with E-state index in [1.807, 2.05) is 0 Å².